The van der Waals surface area contributed by atoms with Gasteiger partial charge in [0.15, 0.2) is 0 Å². The number of nitrogens with zero attached hydrogens (tertiary/aromatic N) is 2. The lowest BCUT2D eigenvalue weighted by atomic mass is 10.2. The third kappa shape index (κ3) is 2.15. The molecule has 0 saturated heterocycles. The van der Waals surface area contributed by atoms with Gasteiger partial charge in [-0.25, -0.2) is 4.39 Å². The highest BCUT2D eigenvalue weighted by atomic mass is 19.1. The van der Waals surface area contributed by atoms with Gasteiger partial charge in [0.1, 0.15) is 5.83 Å². The molecule has 1 aromatic heterocycles. The first-order valence-corrected chi connectivity index (χ1v) is 4.39. The number of aromatic amines is 1. The zero-order chi connectivity index (χ0) is 9.10. The van der Waals surface area contributed by atoms with Gasteiger partial charge in [-0.2, -0.15) is 5.10 Å². The second-order valence-corrected chi connectivity index (χ2v) is 3.26. The molecule has 70 valence electrons. The first-order chi connectivity index (χ1) is 6.34. The van der Waals surface area contributed by atoms with Crippen molar-refractivity contribution in [2.45, 2.75) is 13.0 Å². The van der Waals surface area contributed by atoms with Crippen LogP contribution in [0.15, 0.2) is 24.3 Å². The molecule has 0 fully saturated rings. The lowest BCUT2D eigenvalue weighted by molar-refractivity contribution is 0.259. The first kappa shape index (κ1) is 8.44. The summed E-state index contributed by atoms with van der Waals surface area (Å²) in [5, 5.41) is 6.59. The van der Waals surface area contributed by atoms with Gasteiger partial charge in [-0.3, -0.25) is 10.00 Å². The molecule has 0 atom stereocenters. The summed E-state index contributed by atoms with van der Waals surface area (Å²) in [5.74, 6) is -0.0188. The largest absolute Gasteiger partial charge is 0.292 e. The number of H-pyrrole nitrogens is 1. The van der Waals surface area contributed by atoms with Gasteiger partial charge in [0, 0.05) is 24.8 Å². The molecule has 2 heterocycles. The average Bonchev–Trinajstić information content (AvgIpc) is 2.57. The Labute approximate surface area is 76.2 Å². The molecule has 0 bridgehead atoms. The minimum Gasteiger partial charge on any atom is -0.292 e. The predicted molar refractivity (Wildman–Crippen MR) is 47.7 cm³/mol. The zero-order valence-corrected chi connectivity index (χ0v) is 7.33. The predicted octanol–water partition coefficient (Wildman–Crippen LogP) is 1.47. The fraction of sp³-hybridized carbons (Fsp3) is 0.444. The Morgan fingerprint density at radius 1 is 1.62 bits per heavy atom. The molecule has 0 saturated carbocycles. The molecule has 1 N–H and O–H groups in total. The van der Waals surface area contributed by atoms with Crippen LogP contribution in [0, 0.1) is 0 Å². The number of aromatic nitrogens is 2. The Morgan fingerprint density at radius 3 is 3.23 bits per heavy atom. The number of halogens is 1. The van der Waals surface area contributed by atoms with Crippen molar-refractivity contribution in [3.05, 3.63) is 29.9 Å². The zero-order valence-electron chi connectivity index (χ0n) is 7.33. The SMILES string of the molecule is FC1=CCCN(Cc2cn[nH]c2)C1. The maximum Gasteiger partial charge on any atom is 0.110 e. The van der Waals surface area contributed by atoms with E-state index in [1.807, 2.05) is 6.20 Å². The van der Waals surface area contributed by atoms with Crippen molar-refractivity contribution >= 4 is 0 Å². The summed E-state index contributed by atoms with van der Waals surface area (Å²) in [6.07, 6.45) is 6.09. The van der Waals surface area contributed by atoms with Crippen molar-refractivity contribution in [2.24, 2.45) is 0 Å². The van der Waals surface area contributed by atoms with Crippen molar-refractivity contribution in [2.75, 3.05) is 13.1 Å². The van der Waals surface area contributed by atoms with Gasteiger partial charge >= 0.3 is 0 Å². The van der Waals surface area contributed by atoms with Crippen LogP contribution in [0.5, 0.6) is 0 Å². The Bertz CT molecular complexity index is 292. The molecular formula is C9H12FN3. The second-order valence-electron chi connectivity index (χ2n) is 3.26. The lowest BCUT2D eigenvalue weighted by Gasteiger charge is -2.23. The van der Waals surface area contributed by atoms with Crippen LogP contribution in [0.25, 0.3) is 0 Å². The highest BCUT2D eigenvalue weighted by Gasteiger charge is 2.12. The van der Waals surface area contributed by atoms with Crippen LogP contribution in [0.4, 0.5) is 4.39 Å². The minimum absolute atomic E-state index is 0.0188. The van der Waals surface area contributed by atoms with E-state index in [4.69, 9.17) is 0 Å². The molecule has 0 amide bonds. The summed E-state index contributed by atoms with van der Waals surface area (Å²) in [4.78, 5) is 2.07. The summed E-state index contributed by atoms with van der Waals surface area (Å²) in [6.45, 7) is 2.14. The van der Waals surface area contributed by atoms with Gasteiger partial charge in [-0.15, -0.1) is 0 Å². The maximum atomic E-state index is 12.9. The van der Waals surface area contributed by atoms with E-state index in [1.165, 1.54) is 0 Å². The lowest BCUT2D eigenvalue weighted by Crippen LogP contribution is -2.28. The van der Waals surface area contributed by atoms with Crippen LogP contribution in [0.3, 0.4) is 0 Å². The van der Waals surface area contributed by atoms with E-state index in [-0.39, 0.29) is 5.83 Å². The molecule has 1 aliphatic heterocycles. The number of nitrogens with one attached hydrogen (secondary N) is 1. The molecule has 0 aliphatic carbocycles. The van der Waals surface area contributed by atoms with Crippen LogP contribution in [0.1, 0.15) is 12.0 Å². The highest BCUT2D eigenvalue weighted by molar-refractivity contribution is 5.05. The van der Waals surface area contributed by atoms with Gasteiger partial charge < -0.3 is 0 Å². The van der Waals surface area contributed by atoms with Crippen LogP contribution in [0.2, 0.25) is 0 Å². The topological polar surface area (TPSA) is 31.9 Å². The molecule has 1 aromatic rings. The Kier molecular flexibility index (Phi) is 2.40. The van der Waals surface area contributed by atoms with Crippen molar-refractivity contribution in [1.82, 2.24) is 15.1 Å². The van der Waals surface area contributed by atoms with E-state index >= 15 is 0 Å². The van der Waals surface area contributed by atoms with E-state index in [0.29, 0.717) is 6.54 Å². The van der Waals surface area contributed by atoms with Crippen molar-refractivity contribution in [1.29, 1.82) is 0 Å². The molecule has 3 nitrogen and oxygen atoms in total. The minimum atomic E-state index is -0.0188. The van der Waals surface area contributed by atoms with Gasteiger partial charge in [0.25, 0.3) is 0 Å². The quantitative estimate of drug-likeness (QED) is 0.749. The number of hydrogen-bond donors (Lipinski definition) is 1. The van der Waals surface area contributed by atoms with Crippen molar-refractivity contribution < 1.29 is 4.39 Å². The third-order valence-corrected chi connectivity index (χ3v) is 2.15. The highest BCUT2D eigenvalue weighted by Crippen LogP contribution is 2.12. The second kappa shape index (κ2) is 3.70. The molecule has 0 unspecified atom stereocenters. The molecule has 0 radical (unpaired) electrons. The maximum absolute atomic E-state index is 12.9. The van der Waals surface area contributed by atoms with Crippen molar-refractivity contribution in [3.63, 3.8) is 0 Å². The molecular weight excluding hydrogens is 169 g/mol. The van der Waals surface area contributed by atoms with Gasteiger partial charge in [-0.05, 0) is 6.42 Å². The Morgan fingerprint density at radius 2 is 2.54 bits per heavy atom. The van der Waals surface area contributed by atoms with Crippen LogP contribution < -0.4 is 0 Å². The summed E-state index contributed by atoms with van der Waals surface area (Å²) in [5.41, 5.74) is 1.11. The standard InChI is InChI=1S/C9H12FN3/c10-9-2-1-3-13(7-9)6-8-4-11-12-5-8/h2,4-5H,1,3,6-7H2,(H,11,12). The van der Waals surface area contributed by atoms with E-state index in [0.717, 1.165) is 25.1 Å². The molecule has 4 heteroatoms. The van der Waals surface area contributed by atoms with E-state index in [9.17, 15) is 4.39 Å². The van der Waals surface area contributed by atoms with Gasteiger partial charge in [0.05, 0.1) is 12.7 Å². The number of hydrogen-bond acceptors (Lipinski definition) is 2. The van der Waals surface area contributed by atoms with Crippen LogP contribution >= 0.6 is 0 Å². The molecule has 2 rings (SSSR count). The molecule has 0 spiro atoms. The molecule has 0 aromatic carbocycles. The summed E-state index contributed by atoms with van der Waals surface area (Å²) < 4.78 is 12.9. The van der Waals surface area contributed by atoms with Gasteiger partial charge in [-0.1, -0.05) is 6.08 Å². The monoisotopic (exact) mass is 181 g/mol. The third-order valence-electron chi connectivity index (χ3n) is 2.15. The fourth-order valence-corrected chi connectivity index (χ4v) is 1.52. The first-order valence-electron chi connectivity index (χ1n) is 4.39. The van der Waals surface area contributed by atoms with E-state index < -0.39 is 0 Å². The number of rotatable bonds is 2. The summed E-state index contributed by atoms with van der Waals surface area (Å²) >= 11 is 0. The molecule has 13 heavy (non-hydrogen) atoms. The van der Waals surface area contributed by atoms with E-state index in [2.05, 4.69) is 15.1 Å². The van der Waals surface area contributed by atoms with Crippen molar-refractivity contribution in [3.8, 4) is 0 Å². The van der Waals surface area contributed by atoms with E-state index in [1.54, 1.807) is 12.3 Å². The Hall–Kier alpha value is -1.16. The van der Waals surface area contributed by atoms with Crippen LogP contribution in [-0.2, 0) is 6.54 Å². The Balaban J connectivity index is 1.93. The molecule has 1 aliphatic rings. The summed E-state index contributed by atoms with van der Waals surface area (Å²) in [6, 6.07) is 0. The fourth-order valence-electron chi connectivity index (χ4n) is 1.52. The smallest absolute Gasteiger partial charge is 0.110 e. The normalized spacial score (nSPS) is 18.7. The van der Waals surface area contributed by atoms with Crippen LogP contribution in [-0.4, -0.2) is 28.2 Å². The summed E-state index contributed by atoms with van der Waals surface area (Å²) in [7, 11) is 0. The average molecular weight is 181 g/mol. The van der Waals surface area contributed by atoms with Gasteiger partial charge in [0.2, 0.25) is 0 Å².